The Morgan fingerprint density at radius 1 is 1.38 bits per heavy atom. The van der Waals surface area contributed by atoms with Crippen molar-refractivity contribution in [3.63, 3.8) is 0 Å². The second kappa shape index (κ2) is 7.33. The van der Waals surface area contributed by atoms with Crippen LogP contribution in [0.4, 0.5) is 21.7 Å². The van der Waals surface area contributed by atoms with Crippen LogP contribution in [0.2, 0.25) is 0 Å². The Bertz CT molecular complexity index is 815. The van der Waals surface area contributed by atoms with Gasteiger partial charge in [0.15, 0.2) is 11.6 Å². The number of carbonyl (C=O) groups is 1. The fourth-order valence-electron chi connectivity index (χ4n) is 2.11. The molecule has 1 aromatic carbocycles. The van der Waals surface area contributed by atoms with Crippen molar-refractivity contribution in [1.29, 1.82) is 0 Å². The number of aryl methyl sites for hydroxylation is 1. The molecule has 1 aromatic heterocycles. The van der Waals surface area contributed by atoms with Gasteiger partial charge in [0, 0.05) is 11.8 Å². The fourth-order valence-corrected chi connectivity index (χ4v) is 2.11. The lowest BCUT2D eigenvalue weighted by molar-refractivity contribution is 0.100. The van der Waals surface area contributed by atoms with E-state index in [-0.39, 0.29) is 23.7 Å². The van der Waals surface area contributed by atoms with Crippen molar-refractivity contribution in [3.8, 4) is 18.1 Å². The normalized spacial score (nSPS) is 9.92. The zero-order valence-electron chi connectivity index (χ0n) is 13.3. The van der Waals surface area contributed by atoms with Gasteiger partial charge in [-0.05, 0) is 30.7 Å². The third-order valence-corrected chi connectivity index (χ3v) is 3.15. The van der Waals surface area contributed by atoms with Gasteiger partial charge in [0.05, 0.1) is 19.2 Å². The maximum atomic E-state index is 14.0. The van der Waals surface area contributed by atoms with Gasteiger partial charge in [0.25, 0.3) is 5.91 Å². The highest BCUT2D eigenvalue weighted by molar-refractivity contribution is 5.98. The van der Waals surface area contributed by atoms with Crippen LogP contribution in [0.1, 0.15) is 15.9 Å². The number of hydrogen-bond donors (Lipinski definition) is 3. The van der Waals surface area contributed by atoms with Crippen molar-refractivity contribution in [2.24, 2.45) is 5.73 Å². The number of carbonyl (C=O) groups excluding carboxylic acids is 1. The predicted octanol–water partition coefficient (Wildman–Crippen LogP) is 2.43. The van der Waals surface area contributed by atoms with E-state index in [1.165, 1.54) is 0 Å². The highest BCUT2D eigenvalue weighted by atomic mass is 19.1. The molecule has 7 heteroatoms. The van der Waals surface area contributed by atoms with Crippen LogP contribution in [0, 0.1) is 25.1 Å². The number of nitrogens with one attached hydrogen (secondary N) is 2. The van der Waals surface area contributed by atoms with Crippen LogP contribution >= 0.6 is 0 Å². The number of benzene rings is 1. The van der Waals surface area contributed by atoms with Crippen molar-refractivity contribution < 1.29 is 13.9 Å². The molecule has 1 heterocycles. The van der Waals surface area contributed by atoms with Crippen molar-refractivity contribution in [2.75, 3.05) is 24.3 Å². The molecular weight excluding hydrogens is 311 g/mol. The van der Waals surface area contributed by atoms with Gasteiger partial charge in [-0.15, -0.1) is 6.42 Å². The quantitative estimate of drug-likeness (QED) is 0.709. The molecule has 0 spiro atoms. The molecule has 0 aliphatic rings. The average molecular weight is 328 g/mol. The SMILES string of the molecule is C#CCNc1nc(Nc2cc(C)cc(OC)c2)c(C(N)=O)cc1F. The summed E-state index contributed by atoms with van der Waals surface area (Å²) in [5, 5.41) is 5.61. The minimum Gasteiger partial charge on any atom is -0.497 e. The number of nitrogens with zero attached hydrogens (tertiary/aromatic N) is 1. The van der Waals surface area contributed by atoms with E-state index in [0.29, 0.717) is 11.4 Å². The standard InChI is InChI=1S/C17H17FN4O2/c1-4-5-20-17-14(18)9-13(15(19)23)16(22-17)21-11-6-10(2)7-12(8-11)24-3/h1,6-9H,5H2,2-3H3,(H2,19,23)(H2,20,21,22). The number of methoxy groups -OCH3 is 1. The van der Waals surface area contributed by atoms with Gasteiger partial charge in [-0.2, -0.15) is 0 Å². The fraction of sp³-hybridized carbons (Fsp3) is 0.176. The maximum absolute atomic E-state index is 14.0. The summed E-state index contributed by atoms with van der Waals surface area (Å²) in [5.41, 5.74) is 6.80. The van der Waals surface area contributed by atoms with Crippen LogP contribution in [-0.4, -0.2) is 24.5 Å². The number of halogens is 1. The van der Waals surface area contributed by atoms with E-state index in [1.807, 2.05) is 19.1 Å². The molecular formula is C17H17FN4O2. The highest BCUT2D eigenvalue weighted by Crippen LogP contribution is 2.26. The van der Waals surface area contributed by atoms with Crippen LogP contribution in [-0.2, 0) is 0 Å². The van der Waals surface area contributed by atoms with Crippen LogP contribution in [0.3, 0.4) is 0 Å². The number of terminal acetylenes is 1. The lowest BCUT2D eigenvalue weighted by atomic mass is 10.2. The van der Waals surface area contributed by atoms with Crippen LogP contribution < -0.4 is 21.1 Å². The Labute approximate surface area is 139 Å². The number of hydrogen-bond acceptors (Lipinski definition) is 5. The number of rotatable bonds is 6. The smallest absolute Gasteiger partial charge is 0.252 e. The molecule has 124 valence electrons. The first-order valence-corrected chi connectivity index (χ1v) is 7.05. The minimum atomic E-state index is -0.799. The van der Waals surface area contributed by atoms with Crippen molar-refractivity contribution >= 4 is 23.2 Å². The summed E-state index contributed by atoms with van der Waals surface area (Å²) >= 11 is 0. The van der Waals surface area contributed by atoms with E-state index in [4.69, 9.17) is 16.9 Å². The largest absolute Gasteiger partial charge is 0.497 e. The third kappa shape index (κ3) is 3.93. The summed E-state index contributed by atoms with van der Waals surface area (Å²) in [7, 11) is 1.55. The summed E-state index contributed by atoms with van der Waals surface area (Å²) in [6.07, 6.45) is 5.15. The van der Waals surface area contributed by atoms with Crippen molar-refractivity contribution in [2.45, 2.75) is 6.92 Å². The second-order valence-electron chi connectivity index (χ2n) is 5.00. The predicted molar refractivity (Wildman–Crippen MR) is 91.0 cm³/mol. The maximum Gasteiger partial charge on any atom is 0.252 e. The number of aromatic nitrogens is 1. The molecule has 2 aromatic rings. The first-order valence-electron chi connectivity index (χ1n) is 7.05. The third-order valence-electron chi connectivity index (χ3n) is 3.15. The average Bonchev–Trinajstić information content (AvgIpc) is 2.54. The summed E-state index contributed by atoms with van der Waals surface area (Å²) in [6, 6.07) is 6.41. The topological polar surface area (TPSA) is 89.3 Å². The van der Waals surface area contributed by atoms with E-state index in [0.717, 1.165) is 11.6 Å². The molecule has 0 aliphatic heterocycles. The Hall–Kier alpha value is -3.27. The van der Waals surface area contributed by atoms with E-state index in [9.17, 15) is 9.18 Å². The molecule has 1 amide bonds. The van der Waals surface area contributed by atoms with Gasteiger partial charge in [-0.1, -0.05) is 5.92 Å². The number of primary amides is 1. The first kappa shape index (κ1) is 17.1. The number of nitrogens with two attached hydrogens (primary N) is 1. The molecule has 2 rings (SSSR count). The molecule has 0 aliphatic carbocycles. The van der Waals surface area contributed by atoms with Crippen molar-refractivity contribution in [1.82, 2.24) is 4.98 Å². The first-order chi connectivity index (χ1) is 11.4. The summed E-state index contributed by atoms with van der Waals surface area (Å²) in [6.45, 7) is 1.98. The van der Waals surface area contributed by atoms with E-state index in [2.05, 4.69) is 21.5 Å². The summed E-state index contributed by atoms with van der Waals surface area (Å²) < 4.78 is 19.2. The molecule has 0 atom stereocenters. The Morgan fingerprint density at radius 2 is 2.12 bits per heavy atom. The Kier molecular flexibility index (Phi) is 5.22. The molecule has 0 saturated carbocycles. The summed E-state index contributed by atoms with van der Waals surface area (Å²) in [4.78, 5) is 15.7. The number of ether oxygens (including phenoxy) is 1. The summed E-state index contributed by atoms with van der Waals surface area (Å²) in [5.74, 6) is 1.49. The molecule has 0 unspecified atom stereocenters. The van der Waals surface area contributed by atoms with Gasteiger partial charge < -0.3 is 21.1 Å². The minimum absolute atomic E-state index is 0.0694. The van der Waals surface area contributed by atoms with E-state index in [1.54, 1.807) is 13.2 Å². The molecule has 0 saturated heterocycles. The molecule has 6 nitrogen and oxygen atoms in total. The Balaban J connectivity index is 2.45. The molecule has 0 bridgehead atoms. The van der Waals surface area contributed by atoms with Crippen molar-refractivity contribution in [3.05, 3.63) is 41.2 Å². The Morgan fingerprint density at radius 3 is 2.75 bits per heavy atom. The van der Waals surface area contributed by atoms with Gasteiger partial charge in [0.2, 0.25) is 0 Å². The second-order valence-corrected chi connectivity index (χ2v) is 5.00. The van der Waals surface area contributed by atoms with Gasteiger partial charge in [0.1, 0.15) is 11.6 Å². The van der Waals surface area contributed by atoms with Gasteiger partial charge in [-0.25, -0.2) is 9.37 Å². The number of anilines is 3. The van der Waals surface area contributed by atoms with Gasteiger partial charge >= 0.3 is 0 Å². The van der Waals surface area contributed by atoms with Crippen LogP contribution in [0.25, 0.3) is 0 Å². The monoisotopic (exact) mass is 328 g/mol. The van der Waals surface area contributed by atoms with Crippen LogP contribution in [0.5, 0.6) is 5.75 Å². The van der Waals surface area contributed by atoms with Gasteiger partial charge in [-0.3, -0.25) is 4.79 Å². The lowest BCUT2D eigenvalue weighted by Gasteiger charge is -2.13. The van der Waals surface area contributed by atoms with E-state index < -0.39 is 11.7 Å². The van der Waals surface area contributed by atoms with E-state index >= 15 is 0 Å². The molecule has 4 N–H and O–H groups in total. The highest BCUT2D eigenvalue weighted by Gasteiger charge is 2.16. The zero-order chi connectivity index (χ0) is 17.7. The number of pyridine rings is 1. The molecule has 0 fully saturated rings. The zero-order valence-corrected chi connectivity index (χ0v) is 13.3. The number of amides is 1. The lowest BCUT2D eigenvalue weighted by Crippen LogP contribution is -2.16. The molecule has 0 radical (unpaired) electrons. The van der Waals surface area contributed by atoms with Crippen LogP contribution in [0.15, 0.2) is 24.3 Å². The molecule has 24 heavy (non-hydrogen) atoms.